The molecule has 0 radical (unpaired) electrons. The van der Waals surface area contributed by atoms with Crippen molar-refractivity contribution in [3.05, 3.63) is 90.5 Å². The number of nitro groups is 1. The predicted octanol–water partition coefficient (Wildman–Crippen LogP) is 3.78. The summed E-state index contributed by atoms with van der Waals surface area (Å²) in [5, 5.41) is 11.1. The first-order valence-electron chi connectivity index (χ1n) is 9.82. The Morgan fingerprint density at radius 1 is 1.16 bits per heavy atom. The molecule has 0 fully saturated rings. The Bertz CT molecular complexity index is 1640. The van der Waals surface area contributed by atoms with Crippen LogP contribution in [0, 0.1) is 24.0 Å². The highest BCUT2D eigenvalue weighted by Crippen LogP contribution is 2.31. The van der Waals surface area contributed by atoms with Gasteiger partial charge in [0, 0.05) is 17.5 Å². The van der Waals surface area contributed by atoms with Gasteiger partial charge in [0.2, 0.25) is 0 Å². The van der Waals surface area contributed by atoms with E-state index in [9.17, 15) is 14.9 Å². The SMILES string of the molecule is COc1cc([N+](=O)[O-])ccc1-n1c(C)cc(/C=c2\sc3nc4ccccc4n3c2=O)c1C. The van der Waals surface area contributed by atoms with Crippen LogP contribution < -0.4 is 14.8 Å². The number of fused-ring (bicyclic) bond motifs is 3. The van der Waals surface area contributed by atoms with Crippen molar-refractivity contribution < 1.29 is 9.66 Å². The number of rotatable bonds is 4. The molecule has 3 heterocycles. The Kier molecular flexibility index (Phi) is 4.56. The van der Waals surface area contributed by atoms with E-state index in [1.807, 2.05) is 54.8 Å². The summed E-state index contributed by atoms with van der Waals surface area (Å²) in [7, 11) is 1.49. The molecule has 0 atom stereocenters. The topological polar surface area (TPSA) is 91.7 Å². The molecule has 2 aromatic carbocycles. The molecule has 0 aliphatic heterocycles. The van der Waals surface area contributed by atoms with Crippen LogP contribution in [0.25, 0.3) is 27.8 Å². The number of para-hydroxylation sites is 2. The van der Waals surface area contributed by atoms with Gasteiger partial charge in [-0.3, -0.25) is 14.9 Å². The number of hydrogen-bond donors (Lipinski definition) is 0. The normalized spacial score (nSPS) is 12.2. The Morgan fingerprint density at radius 2 is 1.94 bits per heavy atom. The fraction of sp³-hybridized carbons (Fsp3) is 0.130. The number of methoxy groups -OCH3 is 1. The fourth-order valence-corrected chi connectivity index (χ4v) is 5.00. The van der Waals surface area contributed by atoms with Crippen LogP contribution >= 0.6 is 11.3 Å². The third kappa shape index (κ3) is 2.97. The number of aryl methyl sites for hydroxylation is 1. The average Bonchev–Trinajstić information content (AvgIpc) is 3.38. The Labute approximate surface area is 185 Å². The van der Waals surface area contributed by atoms with Crippen molar-refractivity contribution >= 4 is 39.1 Å². The van der Waals surface area contributed by atoms with Crippen LogP contribution in [0.4, 0.5) is 5.69 Å². The molecule has 0 aliphatic carbocycles. The van der Waals surface area contributed by atoms with Gasteiger partial charge in [-0.25, -0.2) is 9.38 Å². The smallest absolute Gasteiger partial charge is 0.274 e. The van der Waals surface area contributed by atoms with E-state index in [0.717, 1.165) is 28.0 Å². The number of benzene rings is 2. The zero-order chi connectivity index (χ0) is 22.6. The Balaban J connectivity index is 1.67. The largest absolute Gasteiger partial charge is 0.494 e. The molecule has 9 heteroatoms. The third-order valence-corrected chi connectivity index (χ3v) is 6.49. The van der Waals surface area contributed by atoms with E-state index in [4.69, 9.17) is 4.74 Å². The second-order valence-corrected chi connectivity index (χ2v) is 8.42. The minimum atomic E-state index is -0.451. The van der Waals surface area contributed by atoms with Gasteiger partial charge in [0.25, 0.3) is 11.2 Å². The minimum Gasteiger partial charge on any atom is -0.494 e. The van der Waals surface area contributed by atoms with Gasteiger partial charge in [-0.2, -0.15) is 0 Å². The van der Waals surface area contributed by atoms with Crippen LogP contribution in [0.1, 0.15) is 17.0 Å². The Hall–Kier alpha value is -3.98. The maximum absolute atomic E-state index is 13.1. The van der Waals surface area contributed by atoms with E-state index in [0.29, 0.717) is 20.9 Å². The van der Waals surface area contributed by atoms with Gasteiger partial charge in [-0.05, 0) is 49.8 Å². The quantitative estimate of drug-likeness (QED) is 0.309. The van der Waals surface area contributed by atoms with Crippen molar-refractivity contribution in [2.45, 2.75) is 13.8 Å². The molecule has 0 spiro atoms. The average molecular weight is 446 g/mol. The summed E-state index contributed by atoms with van der Waals surface area (Å²) in [6.45, 7) is 3.89. The molecule has 160 valence electrons. The van der Waals surface area contributed by atoms with Gasteiger partial charge < -0.3 is 9.30 Å². The lowest BCUT2D eigenvalue weighted by atomic mass is 10.2. The predicted molar refractivity (Wildman–Crippen MR) is 124 cm³/mol. The summed E-state index contributed by atoms with van der Waals surface area (Å²) >= 11 is 1.35. The lowest BCUT2D eigenvalue weighted by molar-refractivity contribution is -0.384. The van der Waals surface area contributed by atoms with Gasteiger partial charge in [0.1, 0.15) is 5.75 Å². The second kappa shape index (κ2) is 7.31. The summed E-state index contributed by atoms with van der Waals surface area (Å²) in [4.78, 5) is 29.0. The van der Waals surface area contributed by atoms with Crippen molar-refractivity contribution in [3.8, 4) is 11.4 Å². The van der Waals surface area contributed by atoms with E-state index in [1.165, 1.54) is 30.6 Å². The number of nitro benzene ring substituents is 1. The highest BCUT2D eigenvalue weighted by atomic mass is 32.1. The summed E-state index contributed by atoms with van der Waals surface area (Å²) in [6.07, 6.45) is 1.87. The molecule has 0 bridgehead atoms. The second-order valence-electron chi connectivity index (χ2n) is 7.41. The van der Waals surface area contributed by atoms with E-state index < -0.39 is 4.92 Å². The van der Waals surface area contributed by atoms with Crippen molar-refractivity contribution in [1.29, 1.82) is 0 Å². The van der Waals surface area contributed by atoms with E-state index in [2.05, 4.69) is 4.98 Å². The van der Waals surface area contributed by atoms with Gasteiger partial charge >= 0.3 is 0 Å². The number of non-ortho nitro benzene ring substituents is 1. The first-order valence-corrected chi connectivity index (χ1v) is 10.6. The molecule has 5 aromatic rings. The molecule has 0 aliphatic rings. The summed E-state index contributed by atoms with van der Waals surface area (Å²) in [5.74, 6) is 0.401. The van der Waals surface area contributed by atoms with Gasteiger partial charge in [-0.1, -0.05) is 23.5 Å². The summed E-state index contributed by atoms with van der Waals surface area (Å²) in [5.41, 5.74) is 4.85. The van der Waals surface area contributed by atoms with Crippen LogP contribution in [-0.4, -0.2) is 26.0 Å². The molecular weight excluding hydrogens is 428 g/mol. The maximum Gasteiger partial charge on any atom is 0.274 e. The molecular formula is C23H18N4O4S. The summed E-state index contributed by atoms with van der Waals surface area (Å²) in [6, 6.07) is 14.1. The van der Waals surface area contributed by atoms with Crippen LogP contribution in [0.5, 0.6) is 5.75 Å². The zero-order valence-electron chi connectivity index (χ0n) is 17.5. The number of nitrogens with zero attached hydrogens (tertiary/aromatic N) is 4. The first-order chi connectivity index (χ1) is 15.4. The van der Waals surface area contributed by atoms with Gasteiger partial charge in [0.05, 0.1) is 39.4 Å². The van der Waals surface area contributed by atoms with Crippen molar-refractivity contribution in [3.63, 3.8) is 0 Å². The third-order valence-electron chi connectivity index (χ3n) is 5.52. The number of imidazole rings is 1. The first kappa shape index (κ1) is 20.0. The highest BCUT2D eigenvalue weighted by molar-refractivity contribution is 7.15. The van der Waals surface area contributed by atoms with Gasteiger partial charge in [0.15, 0.2) is 4.96 Å². The molecule has 5 rings (SSSR count). The van der Waals surface area contributed by atoms with Crippen molar-refractivity contribution in [2.75, 3.05) is 7.11 Å². The van der Waals surface area contributed by atoms with E-state index >= 15 is 0 Å². The molecule has 0 saturated carbocycles. The monoisotopic (exact) mass is 446 g/mol. The van der Waals surface area contributed by atoms with E-state index in [-0.39, 0.29) is 11.2 Å². The minimum absolute atomic E-state index is 0.0370. The standard InChI is InChI=1S/C23H18N4O4S/c1-13-10-15(14(2)25(13)19-9-8-16(27(29)30)12-20(19)31-3)11-21-22(28)26-18-7-5-4-6-17(18)24-23(26)32-21/h4-12H,1-3H3/b21-11-. The van der Waals surface area contributed by atoms with Crippen LogP contribution in [0.3, 0.4) is 0 Å². The number of aromatic nitrogens is 3. The van der Waals surface area contributed by atoms with Crippen molar-refractivity contribution in [1.82, 2.24) is 14.0 Å². The number of ether oxygens (including phenoxy) is 1. The summed E-state index contributed by atoms with van der Waals surface area (Å²) < 4.78 is 9.62. The van der Waals surface area contributed by atoms with Crippen LogP contribution in [-0.2, 0) is 0 Å². The lowest BCUT2D eigenvalue weighted by Gasteiger charge is -2.13. The van der Waals surface area contributed by atoms with E-state index in [1.54, 1.807) is 10.5 Å². The molecule has 0 amide bonds. The van der Waals surface area contributed by atoms with Crippen LogP contribution in [0.2, 0.25) is 0 Å². The molecule has 0 unspecified atom stereocenters. The molecule has 0 N–H and O–H groups in total. The highest BCUT2D eigenvalue weighted by Gasteiger charge is 2.17. The Morgan fingerprint density at radius 3 is 2.69 bits per heavy atom. The van der Waals surface area contributed by atoms with Gasteiger partial charge in [-0.15, -0.1) is 0 Å². The molecule has 0 saturated heterocycles. The molecule has 8 nitrogen and oxygen atoms in total. The maximum atomic E-state index is 13.1. The molecule has 3 aromatic heterocycles. The van der Waals surface area contributed by atoms with Crippen molar-refractivity contribution in [2.24, 2.45) is 0 Å². The zero-order valence-corrected chi connectivity index (χ0v) is 18.3. The molecule has 32 heavy (non-hydrogen) atoms. The van der Waals surface area contributed by atoms with Crippen LogP contribution in [0.15, 0.2) is 53.3 Å². The lowest BCUT2D eigenvalue weighted by Crippen LogP contribution is -2.22. The number of thiazole rings is 1. The fourth-order valence-electron chi connectivity index (χ4n) is 4.02. The number of hydrogen-bond acceptors (Lipinski definition) is 6.